The normalized spacial score (nSPS) is 14.1. The number of rotatable bonds is 12. The van der Waals surface area contributed by atoms with Crippen LogP contribution < -0.4 is 9.84 Å². The fraction of sp³-hybridized carbons (Fsp3) is 0.235. The van der Waals surface area contributed by atoms with Crippen molar-refractivity contribution in [2.45, 2.75) is 31.9 Å². The molecule has 9 heteroatoms. The van der Waals surface area contributed by atoms with Gasteiger partial charge in [0.25, 0.3) is 0 Å². The summed E-state index contributed by atoms with van der Waals surface area (Å²) in [5, 5.41) is 2.71. The number of carbonyl (C=O) groups excluding carboxylic acids is 2. The largest absolute Gasteiger partial charge is 0.459 e. The summed E-state index contributed by atoms with van der Waals surface area (Å²) in [5.41, 5.74) is 6.01. The highest BCUT2D eigenvalue weighted by Gasteiger charge is 2.30. The number of amides is 1. The summed E-state index contributed by atoms with van der Waals surface area (Å²) in [5.74, 6) is -0.330. The van der Waals surface area contributed by atoms with E-state index in [2.05, 4.69) is 17.4 Å². The molecule has 1 aliphatic carbocycles. The lowest BCUT2D eigenvalue weighted by atomic mass is 9.98. The van der Waals surface area contributed by atoms with Crippen molar-refractivity contribution in [1.29, 1.82) is 0 Å². The summed E-state index contributed by atoms with van der Waals surface area (Å²) in [4.78, 5) is 26.3. The summed E-state index contributed by atoms with van der Waals surface area (Å²) >= 11 is 0. The Kier molecular flexibility index (Phi) is 9.60. The summed E-state index contributed by atoms with van der Waals surface area (Å²) in [7, 11) is -3.24. The van der Waals surface area contributed by atoms with E-state index in [1.165, 1.54) is 6.66 Å². The number of nitrogens with one attached hydrogen (secondary N) is 1. The molecule has 2 atom stereocenters. The van der Waals surface area contributed by atoms with Gasteiger partial charge in [0.2, 0.25) is 0 Å². The third kappa shape index (κ3) is 7.72. The van der Waals surface area contributed by atoms with Crippen molar-refractivity contribution in [3.63, 3.8) is 0 Å². The molecule has 4 aromatic rings. The number of fused-ring (bicyclic) bond motifs is 3. The van der Waals surface area contributed by atoms with Crippen LogP contribution in [0, 0.1) is 0 Å². The molecular formula is C34H34NO7P. The number of alkyl carbamates (subject to hydrolysis) is 1. The lowest BCUT2D eigenvalue weighted by Gasteiger charge is -2.20. The van der Waals surface area contributed by atoms with Gasteiger partial charge < -0.3 is 23.8 Å². The third-order valence-electron chi connectivity index (χ3n) is 7.14. The highest BCUT2D eigenvalue weighted by molar-refractivity contribution is 7.53. The monoisotopic (exact) mass is 599 g/mol. The third-order valence-corrected chi connectivity index (χ3v) is 8.41. The number of hydrogen-bond acceptors (Lipinski definition) is 7. The first kappa shape index (κ1) is 30.1. The maximum Gasteiger partial charge on any atom is 0.407 e. The van der Waals surface area contributed by atoms with Gasteiger partial charge in [-0.3, -0.25) is 0 Å². The lowest BCUT2D eigenvalue weighted by Crippen LogP contribution is -2.43. The van der Waals surface area contributed by atoms with Gasteiger partial charge in [-0.1, -0.05) is 91.0 Å². The van der Waals surface area contributed by atoms with Crippen LogP contribution >= 0.6 is 7.60 Å². The minimum absolute atomic E-state index is 0.0680. The fourth-order valence-electron chi connectivity index (χ4n) is 5.18. The second-order valence-electron chi connectivity index (χ2n) is 10.2. The molecule has 0 radical (unpaired) electrons. The quantitative estimate of drug-likeness (QED) is 0.137. The number of esters is 1. The minimum atomic E-state index is -3.24. The van der Waals surface area contributed by atoms with Crippen molar-refractivity contribution in [1.82, 2.24) is 5.32 Å². The molecule has 43 heavy (non-hydrogen) atoms. The molecule has 0 aliphatic heterocycles. The van der Waals surface area contributed by atoms with E-state index in [1.54, 1.807) is 31.2 Å². The van der Waals surface area contributed by atoms with Crippen LogP contribution in [0.5, 0.6) is 5.75 Å². The molecule has 0 bridgehead atoms. The summed E-state index contributed by atoms with van der Waals surface area (Å²) in [6.45, 7) is 3.60. The first-order valence-corrected chi connectivity index (χ1v) is 16.1. The maximum absolute atomic E-state index is 13.2. The van der Waals surface area contributed by atoms with Gasteiger partial charge in [0.05, 0.1) is 6.61 Å². The second kappa shape index (κ2) is 13.7. The van der Waals surface area contributed by atoms with Crippen LogP contribution in [-0.4, -0.2) is 38.0 Å². The number of carbonyl (C=O) groups is 2. The average Bonchev–Trinajstić information content (AvgIpc) is 3.33. The van der Waals surface area contributed by atoms with E-state index in [4.69, 9.17) is 18.5 Å². The van der Waals surface area contributed by atoms with E-state index in [-0.39, 0.29) is 32.2 Å². The number of benzene rings is 4. The summed E-state index contributed by atoms with van der Waals surface area (Å²) < 4.78 is 34.3. The molecule has 8 nitrogen and oxygen atoms in total. The highest BCUT2D eigenvalue weighted by atomic mass is 31.2. The molecule has 1 N–H and O–H groups in total. The van der Waals surface area contributed by atoms with Crippen LogP contribution in [0.4, 0.5) is 4.79 Å². The molecule has 0 fully saturated rings. The van der Waals surface area contributed by atoms with Crippen LogP contribution in [-0.2, 0) is 36.4 Å². The maximum atomic E-state index is 13.2. The van der Waals surface area contributed by atoms with Crippen molar-refractivity contribution in [3.8, 4) is 16.9 Å². The zero-order valence-electron chi connectivity index (χ0n) is 24.1. The van der Waals surface area contributed by atoms with Crippen molar-refractivity contribution >= 4 is 19.7 Å². The molecule has 1 aliphatic rings. The summed E-state index contributed by atoms with van der Waals surface area (Å²) in [6.07, 6.45) is -0.569. The molecule has 0 spiro atoms. The summed E-state index contributed by atoms with van der Waals surface area (Å²) in [6, 6.07) is 31.2. The minimum Gasteiger partial charge on any atom is -0.459 e. The molecule has 1 unspecified atom stereocenters. The molecule has 1 amide bonds. The first-order valence-electron chi connectivity index (χ1n) is 14.2. The van der Waals surface area contributed by atoms with Gasteiger partial charge in [0.15, 0.2) is 0 Å². The molecule has 222 valence electrons. The Hall–Kier alpha value is -4.39. The van der Waals surface area contributed by atoms with Gasteiger partial charge in [0.1, 0.15) is 25.0 Å². The standard InChI is InChI=1S/C34H34NO7P/c1-3-41-43(2,38)42-26-19-17-24(18-20-26)21-32(33(36)39-22-25-11-5-4-6-12-25)35-34(37)40-23-31-29-15-9-7-13-27(29)28-14-8-10-16-30(28)31/h4-20,31-32H,3,21-23H2,1-2H3,(H,35,37)/t32-,43?/m0/s1. The van der Waals surface area contributed by atoms with Crippen LogP contribution in [0.15, 0.2) is 103 Å². The Morgan fingerprint density at radius 1 is 0.791 bits per heavy atom. The smallest absolute Gasteiger partial charge is 0.407 e. The molecular weight excluding hydrogens is 565 g/mol. The van der Waals surface area contributed by atoms with Crippen molar-refractivity contribution in [3.05, 3.63) is 125 Å². The molecule has 0 aromatic heterocycles. The average molecular weight is 600 g/mol. The Morgan fingerprint density at radius 3 is 2.02 bits per heavy atom. The van der Waals surface area contributed by atoms with Gasteiger partial charge in [-0.05, 0) is 52.4 Å². The van der Waals surface area contributed by atoms with E-state index in [1.807, 2.05) is 66.7 Å². The van der Waals surface area contributed by atoms with Gasteiger partial charge >= 0.3 is 19.7 Å². The van der Waals surface area contributed by atoms with Crippen LogP contribution in [0.2, 0.25) is 0 Å². The predicted octanol–water partition coefficient (Wildman–Crippen LogP) is 7.12. The second-order valence-corrected chi connectivity index (χ2v) is 12.2. The van der Waals surface area contributed by atoms with Crippen LogP contribution in [0.25, 0.3) is 11.1 Å². The predicted molar refractivity (Wildman–Crippen MR) is 164 cm³/mol. The lowest BCUT2D eigenvalue weighted by molar-refractivity contribution is -0.147. The highest BCUT2D eigenvalue weighted by Crippen LogP contribution is 2.45. The zero-order chi connectivity index (χ0) is 30.2. The van der Waals surface area contributed by atoms with E-state index in [0.717, 1.165) is 33.4 Å². The van der Waals surface area contributed by atoms with E-state index in [0.29, 0.717) is 5.75 Å². The van der Waals surface area contributed by atoms with Crippen molar-refractivity contribution < 1.29 is 32.7 Å². The Bertz CT molecular complexity index is 1560. The Balaban J connectivity index is 1.26. The van der Waals surface area contributed by atoms with E-state index < -0.39 is 25.7 Å². The van der Waals surface area contributed by atoms with Gasteiger partial charge in [0, 0.05) is 19.0 Å². The SMILES string of the molecule is CCOP(C)(=O)Oc1ccc(C[C@H](NC(=O)OCC2c3ccccc3-c3ccccc32)C(=O)OCc2ccccc2)cc1. The molecule has 0 heterocycles. The van der Waals surface area contributed by atoms with Crippen molar-refractivity contribution in [2.24, 2.45) is 0 Å². The van der Waals surface area contributed by atoms with Crippen LogP contribution in [0.3, 0.4) is 0 Å². The van der Waals surface area contributed by atoms with Gasteiger partial charge in [-0.15, -0.1) is 0 Å². The Morgan fingerprint density at radius 2 is 1.40 bits per heavy atom. The van der Waals surface area contributed by atoms with Gasteiger partial charge in [-0.2, -0.15) is 0 Å². The number of hydrogen-bond donors (Lipinski definition) is 1. The number of ether oxygens (including phenoxy) is 2. The first-order chi connectivity index (χ1) is 20.8. The topological polar surface area (TPSA) is 100 Å². The molecule has 5 rings (SSSR count). The fourth-order valence-corrected chi connectivity index (χ4v) is 6.21. The zero-order valence-corrected chi connectivity index (χ0v) is 25.0. The van der Waals surface area contributed by atoms with Crippen LogP contribution in [0.1, 0.15) is 35.1 Å². The van der Waals surface area contributed by atoms with E-state index >= 15 is 0 Å². The molecule has 4 aromatic carbocycles. The van der Waals surface area contributed by atoms with Crippen molar-refractivity contribution in [2.75, 3.05) is 19.9 Å². The molecule has 0 saturated carbocycles. The Labute approximate surface area is 251 Å². The molecule has 0 saturated heterocycles. The van der Waals surface area contributed by atoms with Gasteiger partial charge in [-0.25, -0.2) is 14.2 Å². The van der Waals surface area contributed by atoms with E-state index in [9.17, 15) is 14.2 Å².